The first-order valence-electron chi connectivity index (χ1n) is 5.21. The van der Waals surface area contributed by atoms with E-state index in [1.165, 1.54) is 18.5 Å². The average molecular weight is 299 g/mol. The van der Waals surface area contributed by atoms with Gasteiger partial charge in [-0.15, -0.1) is 0 Å². The Bertz CT molecular complexity index is 701. The van der Waals surface area contributed by atoms with E-state index in [0.717, 1.165) is 6.26 Å². The van der Waals surface area contributed by atoms with Crippen LogP contribution in [0.15, 0.2) is 35.5 Å². The molecule has 1 heterocycles. The molecule has 0 aliphatic carbocycles. The number of benzene rings is 1. The lowest BCUT2D eigenvalue weighted by molar-refractivity contribution is 0.602. The number of nitrogen functional groups attached to an aromatic ring is 1. The van der Waals surface area contributed by atoms with Gasteiger partial charge < -0.3 is 11.1 Å². The van der Waals surface area contributed by atoms with Gasteiger partial charge >= 0.3 is 0 Å². The van der Waals surface area contributed by atoms with Gasteiger partial charge in [0.05, 0.1) is 4.90 Å². The molecule has 0 amide bonds. The SMILES string of the molecule is CS(=O)(=O)c1ccc(Nc2ncnc(Cl)c2N)cc1. The van der Waals surface area contributed by atoms with E-state index in [1.807, 2.05) is 0 Å². The zero-order valence-electron chi connectivity index (χ0n) is 9.96. The summed E-state index contributed by atoms with van der Waals surface area (Å²) < 4.78 is 22.6. The molecule has 6 nitrogen and oxygen atoms in total. The maximum absolute atomic E-state index is 11.3. The average Bonchev–Trinajstić information content (AvgIpc) is 2.35. The number of nitrogens with zero attached hydrogens (tertiary/aromatic N) is 2. The summed E-state index contributed by atoms with van der Waals surface area (Å²) in [4.78, 5) is 7.94. The number of nitrogens with two attached hydrogens (primary N) is 1. The number of aromatic nitrogens is 2. The molecular formula is C11H11ClN4O2S. The van der Waals surface area contributed by atoms with Crippen LogP contribution in [0.2, 0.25) is 5.15 Å². The third-order valence-electron chi connectivity index (χ3n) is 2.38. The number of sulfone groups is 1. The van der Waals surface area contributed by atoms with Gasteiger partial charge in [0.1, 0.15) is 12.0 Å². The normalized spacial score (nSPS) is 11.3. The fourth-order valence-corrected chi connectivity index (χ4v) is 2.16. The minimum absolute atomic E-state index is 0.158. The van der Waals surface area contributed by atoms with Crippen LogP contribution in [-0.2, 0) is 9.84 Å². The van der Waals surface area contributed by atoms with Crippen LogP contribution in [0.3, 0.4) is 0 Å². The van der Waals surface area contributed by atoms with Gasteiger partial charge in [-0.1, -0.05) is 11.6 Å². The maximum atomic E-state index is 11.3. The third kappa shape index (κ3) is 3.12. The van der Waals surface area contributed by atoms with Crippen LogP contribution >= 0.6 is 11.6 Å². The second kappa shape index (κ2) is 5.02. The van der Waals surface area contributed by atoms with Crippen molar-refractivity contribution in [1.29, 1.82) is 0 Å². The molecule has 0 atom stereocenters. The van der Waals surface area contributed by atoms with Crippen LogP contribution in [0.4, 0.5) is 17.2 Å². The Morgan fingerprint density at radius 2 is 1.84 bits per heavy atom. The van der Waals surface area contributed by atoms with Crippen molar-refractivity contribution in [2.75, 3.05) is 17.3 Å². The Morgan fingerprint density at radius 1 is 1.21 bits per heavy atom. The predicted molar refractivity (Wildman–Crippen MR) is 74.3 cm³/mol. The number of nitrogens with one attached hydrogen (secondary N) is 1. The third-order valence-corrected chi connectivity index (χ3v) is 3.81. The van der Waals surface area contributed by atoms with Gasteiger partial charge in [0.25, 0.3) is 0 Å². The molecule has 0 fully saturated rings. The molecule has 8 heteroatoms. The van der Waals surface area contributed by atoms with Crippen LogP contribution < -0.4 is 11.1 Å². The highest BCUT2D eigenvalue weighted by Crippen LogP contribution is 2.25. The van der Waals surface area contributed by atoms with Gasteiger partial charge in [-0.25, -0.2) is 18.4 Å². The lowest BCUT2D eigenvalue weighted by Crippen LogP contribution is -2.01. The first kappa shape index (κ1) is 13.6. The fourth-order valence-electron chi connectivity index (χ4n) is 1.40. The predicted octanol–water partition coefficient (Wildman–Crippen LogP) is 1.86. The van der Waals surface area contributed by atoms with Crippen LogP contribution in [-0.4, -0.2) is 24.6 Å². The summed E-state index contributed by atoms with van der Waals surface area (Å²) in [6.45, 7) is 0. The van der Waals surface area contributed by atoms with E-state index in [2.05, 4.69) is 15.3 Å². The van der Waals surface area contributed by atoms with E-state index < -0.39 is 9.84 Å². The fraction of sp³-hybridized carbons (Fsp3) is 0.0909. The summed E-state index contributed by atoms with van der Waals surface area (Å²) >= 11 is 5.77. The van der Waals surface area contributed by atoms with Gasteiger partial charge in [0.15, 0.2) is 20.8 Å². The molecule has 19 heavy (non-hydrogen) atoms. The van der Waals surface area contributed by atoms with Crippen molar-refractivity contribution < 1.29 is 8.42 Å². The van der Waals surface area contributed by atoms with Crippen molar-refractivity contribution in [1.82, 2.24) is 9.97 Å². The van der Waals surface area contributed by atoms with Crippen molar-refractivity contribution in [2.45, 2.75) is 4.90 Å². The Kier molecular flexibility index (Phi) is 3.59. The van der Waals surface area contributed by atoms with Crippen molar-refractivity contribution >= 4 is 38.6 Å². The lowest BCUT2D eigenvalue weighted by atomic mass is 10.3. The molecule has 0 bridgehead atoms. The highest BCUT2D eigenvalue weighted by Gasteiger charge is 2.08. The van der Waals surface area contributed by atoms with Gasteiger partial charge in [0, 0.05) is 11.9 Å². The molecule has 100 valence electrons. The molecule has 0 radical (unpaired) electrons. The monoisotopic (exact) mass is 298 g/mol. The van der Waals surface area contributed by atoms with E-state index in [9.17, 15) is 8.42 Å². The molecule has 2 rings (SSSR count). The molecule has 3 N–H and O–H groups in total. The first-order valence-corrected chi connectivity index (χ1v) is 7.48. The Balaban J connectivity index is 2.27. The summed E-state index contributed by atoms with van der Waals surface area (Å²) in [6.07, 6.45) is 2.43. The summed E-state index contributed by atoms with van der Waals surface area (Å²) in [5.41, 5.74) is 6.59. The Labute approximate surface area is 115 Å². The molecular weight excluding hydrogens is 288 g/mol. The zero-order chi connectivity index (χ0) is 14.0. The topological polar surface area (TPSA) is 98.0 Å². The van der Waals surface area contributed by atoms with E-state index >= 15 is 0 Å². The molecule has 1 aromatic heterocycles. The van der Waals surface area contributed by atoms with Gasteiger partial charge in [-0.2, -0.15) is 0 Å². The summed E-state index contributed by atoms with van der Waals surface area (Å²) in [6, 6.07) is 6.23. The minimum atomic E-state index is -3.21. The highest BCUT2D eigenvalue weighted by atomic mass is 35.5. The summed E-state index contributed by atoms with van der Waals surface area (Å²) in [5, 5.41) is 3.09. The zero-order valence-corrected chi connectivity index (χ0v) is 11.5. The Morgan fingerprint density at radius 3 is 2.42 bits per heavy atom. The number of hydrogen-bond acceptors (Lipinski definition) is 6. The largest absolute Gasteiger partial charge is 0.393 e. The van der Waals surface area contributed by atoms with E-state index in [4.69, 9.17) is 17.3 Å². The van der Waals surface area contributed by atoms with Crippen molar-refractivity contribution in [3.8, 4) is 0 Å². The van der Waals surface area contributed by atoms with Crippen molar-refractivity contribution in [3.05, 3.63) is 35.7 Å². The molecule has 0 aliphatic heterocycles. The van der Waals surface area contributed by atoms with Crippen molar-refractivity contribution in [3.63, 3.8) is 0 Å². The van der Waals surface area contributed by atoms with E-state index in [1.54, 1.807) is 12.1 Å². The molecule has 0 saturated carbocycles. The number of rotatable bonds is 3. The first-order chi connectivity index (χ1) is 8.88. The van der Waals surface area contributed by atoms with Gasteiger partial charge in [-0.05, 0) is 24.3 Å². The summed E-state index contributed by atoms with van der Waals surface area (Å²) in [5.74, 6) is 0.368. The van der Waals surface area contributed by atoms with Crippen LogP contribution in [0.25, 0.3) is 0 Å². The number of hydrogen-bond donors (Lipinski definition) is 2. The second-order valence-electron chi connectivity index (χ2n) is 3.85. The van der Waals surface area contributed by atoms with E-state index in [-0.39, 0.29) is 15.7 Å². The second-order valence-corrected chi connectivity index (χ2v) is 6.22. The standard InChI is InChI=1S/C11H11ClN4O2S/c1-19(17,18)8-4-2-7(3-5-8)16-11-9(13)10(12)14-6-15-11/h2-6H,13H2,1H3,(H,14,15,16). The van der Waals surface area contributed by atoms with Crippen LogP contribution in [0.1, 0.15) is 0 Å². The summed E-state index contributed by atoms with van der Waals surface area (Å²) in [7, 11) is -3.21. The molecule has 0 spiro atoms. The smallest absolute Gasteiger partial charge is 0.175 e. The molecule has 0 unspecified atom stereocenters. The highest BCUT2D eigenvalue weighted by molar-refractivity contribution is 7.90. The van der Waals surface area contributed by atoms with Gasteiger partial charge in [-0.3, -0.25) is 0 Å². The minimum Gasteiger partial charge on any atom is -0.393 e. The van der Waals surface area contributed by atoms with Crippen molar-refractivity contribution in [2.24, 2.45) is 0 Å². The van der Waals surface area contributed by atoms with Crippen LogP contribution in [0.5, 0.6) is 0 Å². The van der Waals surface area contributed by atoms with Crippen LogP contribution in [0, 0.1) is 0 Å². The molecule has 0 saturated heterocycles. The molecule has 2 aromatic rings. The molecule has 0 aliphatic rings. The Hall–Kier alpha value is -1.86. The van der Waals surface area contributed by atoms with Gasteiger partial charge in [0.2, 0.25) is 0 Å². The quantitative estimate of drug-likeness (QED) is 0.839. The lowest BCUT2D eigenvalue weighted by Gasteiger charge is -2.08. The van der Waals surface area contributed by atoms with E-state index in [0.29, 0.717) is 11.5 Å². The molecule has 1 aromatic carbocycles. The number of halogens is 1. The number of anilines is 3. The maximum Gasteiger partial charge on any atom is 0.175 e.